The molecule has 0 saturated carbocycles. The first-order chi connectivity index (χ1) is 8.93. The van der Waals surface area contributed by atoms with E-state index in [0.29, 0.717) is 0 Å². The molecule has 1 unspecified atom stereocenters. The molecule has 0 aliphatic carbocycles. The van der Waals surface area contributed by atoms with Gasteiger partial charge in [-0.05, 0) is 31.2 Å². The van der Waals surface area contributed by atoms with Crippen LogP contribution in [-0.2, 0) is 9.53 Å². The fraction of sp³-hybridized carbons (Fsp3) is 0.154. The lowest BCUT2D eigenvalue weighted by molar-refractivity contribution is -0.119. The van der Waals surface area contributed by atoms with Crippen LogP contribution in [0.4, 0.5) is 0 Å². The van der Waals surface area contributed by atoms with Gasteiger partial charge in [-0.3, -0.25) is 4.79 Å². The zero-order chi connectivity index (χ0) is 14.4. The summed E-state index contributed by atoms with van der Waals surface area (Å²) in [5.41, 5.74) is 0.0804. The van der Waals surface area contributed by atoms with Crippen LogP contribution in [0.1, 0.15) is 27.6 Å². The Hall–Kier alpha value is -2.63. The van der Waals surface area contributed by atoms with Gasteiger partial charge in [0.25, 0.3) is 0 Å². The van der Waals surface area contributed by atoms with E-state index < -0.39 is 24.1 Å². The maximum Gasteiger partial charge on any atom is 0.340 e. The number of hydrogen-bond acceptors (Lipinski definition) is 4. The fourth-order valence-corrected chi connectivity index (χ4v) is 1.30. The normalized spacial score (nSPS) is 11.2. The lowest BCUT2D eigenvalue weighted by Crippen LogP contribution is -2.34. The lowest BCUT2D eigenvalue weighted by Gasteiger charge is -2.13. The summed E-state index contributed by atoms with van der Waals surface area (Å²) in [5, 5.41) is 11.2. The second-order valence-electron chi connectivity index (χ2n) is 3.65. The molecule has 6 heteroatoms. The fourth-order valence-electron chi connectivity index (χ4n) is 1.30. The topological polar surface area (TPSA) is 92.7 Å². The average molecular weight is 263 g/mol. The van der Waals surface area contributed by atoms with Gasteiger partial charge in [0.05, 0.1) is 11.1 Å². The highest BCUT2D eigenvalue weighted by molar-refractivity contribution is 5.94. The average Bonchev–Trinajstić information content (AvgIpc) is 2.38. The maximum absolute atomic E-state index is 11.7. The minimum Gasteiger partial charge on any atom is -0.478 e. The molecule has 0 aromatic heterocycles. The third-order valence-electron chi connectivity index (χ3n) is 2.16. The third-order valence-corrected chi connectivity index (χ3v) is 2.16. The predicted octanol–water partition coefficient (Wildman–Crippen LogP) is 1.19. The summed E-state index contributed by atoms with van der Waals surface area (Å²) in [6, 6.07) is 5.43. The number of aromatic carboxylic acids is 1. The molecule has 0 fully saturated rings. The molecule has 0 aliphatic heterocycles. The quantitative estimate of drug-likeness (QED) is 0.473. The van der Waals surface area contributed by atoms with Gasteiger partial charge in [-0.25, -0.2) is 9.59 Å². The van der Waals surface area contributed by atoms with E-state index in [4.69, 9.17) is 9.84 Å². The summed E-state index contributed by atoms with van der Waals surface area (Å²) < 4.78 is 4.93. The number of carboxylic acid groups (broad SMARTS) is 1. The zero-order valence-electron chi connectivity index (χ0n) is 10.3. The number of benzene rings is 1. The summed E-state index contributed by atoms with van der Waals surface area (Å²) in [6.45, 7) is 4.74. The van der Waals surface area contributed by atoms with Gasteiger partial charge in [-0.2, -0.15) is 0 Å². The van der Waals surface area contributed by atoms with Gasteiger partial charge >= 0.3 is 11.9 Å². The summed E-state index contributed by atoms with van der Waals surface area (Å²) in [4.78, 5) is 33.5. The Morgan fingerprint density at radius 1 is 1.37 bits per heavy atom. The molecular weight excluding hydrogens is 250 g/mol. The second kappa shape index (κ2) is 6.34. The number of hydrogen-bond donors (Lipinski definition) is 2. The molecule has 100 valence electrons. The van der Waals surface area contributed by atoms with Gasteiger partial charge in [0, 0.05) is 0 Å². The number of carboxylic acids is 1. The van der Waals surface area contributed by atoms with E-state index in [9.17, 15) is 14.4 Å². The van der Waals surface area contributed by atoms with Crippen LogP contribution in [0.5, 0.6) is 0 Å². The Balaban J connectivity index is 2.72. The van der Waals surface area contributed by atoms with Gasteiger partial charge < -0.3 is 15.2 Å². The van der Waals surface area contributed by atoms with Crippen molar-refractivity contribution in [3.05, 3.63) is 48.0 Å². The van der Waals surface area contributed by atoms with Crippen molar-refractivity contribution in [1.82, 2.24) is 5.32 Å². The molecule has 1 atom stereocenters. The van der Waals surface area contributed by atoms with Crippen molar-refractivity contribution in [3.63, 3.8) is 0 Å². The van der Waals surface area contributed by atoms with E-state index in [0.717, 1.165) is 6.08 Å². The molecular formula is C13H13NO5. The molecule has 1 aromatic carbocycles. The molecule has 19 heavy (non-hydrogen) atoms. The van der Waals surface area contributed by atoms with Crippen molar-refractivity contribution in [3.8, 4) is 0 Å². The molecule has 0 spiro atoms. The Kier molecular flexibility index (Phi) is 4.82. The first-order valence-corrected chi connectivity index (χ1v) is 5.41. The molecule has 1 aromatic rings. The third kappa shape index (κ3) is 4.27. The summed E-state index contributed by atoms with van der Waals surface area (Å²) >= 11 is 0. The highest BCUT2D eigenvalue weighted by atomic mass is 16.6. The minimum atomic E-state index is -1.14. The van der Waals surface area contributed by atoms with Crippen LogP contribution in [0.25, 0.3) is 0 Å². The van der Waals surface area contributed by atoms with Crippen molar-refractivity contribution >= 4 is 17.8 Å². The van der Waals surface area contributed by atoms with Crippen LogP contribution < -0.4 is 5.32 Å². The molecule has 1 amide bonds. The Morgan fingerprint density at radius 3 is 2.58 bits per heavy atom. The van der Waals surface area contributed by atoms with Crippen LogP contribution >= 0.6 is 0 Å². The van der Waals surface area contributed by atoms with Crippen molar-refractivity contribution < 1.29 is 24.2 Å². The molecule has 0 heterocycles. The molecule has 0 bridgehead atoms. The number of esters is 1. The van der Waals surface area contributed by atoms with Gasteiger partial charge in [-0.15, -0.1) is 0 Å². The SMILES string of the molecule is C=CC(=O)NC(C)OC(=O)c1cccc(C(=O)O)c1. The van der Waals surface area contributed by atoms with Crippen molar-refractivity contribution in [1.29, 1.82) is 0 Å². The van der Waals surface area contributed by atoms with E-state index in [1.807, 2.05) is 0 Å². The standard InChI is InChI=1S/C13H13NO5/c1-3-11(15)14-8(2)19-13(18)10-6-4-5-9(7-10)12(16)17/h3-8H,1H2,2H3,(H,14,15)(H,16,17). The van der Waals surface area contributed by atoms with Crippen molar-refractivity contribution in [2.24, 2.45) is 0 Å². The number of carbonyl (C=O) groups excluding carboxylic acids is 2. The van der Waals surface area contributed by atoms with Crippen LogP contribution in [-0.4, -0.2) is 29.2 Å². The lowest BCUT2D eigenvalue weighted by atomic mass is 10.1. The molecule has 0 saturated heterocycles. The molecule has 0 radical (unpaired) electrons. The number of carbonyl (C=O) groups is 3. The summed E-state index contributed by atoms with van der Waals surface area (Å²) in [6.07, 6.45) is 0.210. The van der Waals surface area contributed by atoms with E-state index >= 15 is 0 Å². The highest BCUT2D eigenvalue weighted by Gasteiger charge is 2.14. The minimum absolute atomic E-state index is 0.0165. The summed E-state index contributed by atoms with van der Waals surface area (Å²) in [5.74, 6) is -2.33. The van der Waals surface area contributed by atoms with E-state index in [2.05, 4.69) is 11.9 Å². The molecule has 6 nitrogen and oxygen atoms in total. The molecule has 0 aliphatic rings. The highest BCUT2D eigenvalue weighted by Crippen LogP contribution is 2.07. The monoisotopic (exact) mass is 263 g/mol. The largest absolute Gasteiger partial charge is 0.478 e. The summed E-state index contributed by atoms with van der Waals surface area (Å²) in [7, 11) is 0. The van der Waals surface area contributed by atoms with Crippen LogP contribution in [0.3, 0.4) is 0 Å². The number of amides is 1. The van der Waals surface area contributed by atoms with E-state index in [1.54, 1.807) is 0 Å². The van der Waals surface area contributed by atoms with Crippen LogP contribution in [0.2, 0.25) is 0 Å². The predicted molar refractivity (Wildman–Crippen MR) is 66.6 cm³/mol. The van der Waals surface area contributed by atoms with Gasteiger partial charge in [0.2, 0.25) is 5.91 Å². The van der Waals surface area contributed by atoms with Gasteiger partial charge in [0.15, 0.2) is 6.23 Å². The second-order valence-corrected chi connectivity index (χ2v) is 3.65. The first-order valence-electron chi connectivity index (χ1n) is 5.41. The molecule has 1 rings (SSSR count). The van der Waals surface area contributed by atoms with Gasteiger partial charge in [0.1, 0.15) is 0 Å². The smallest absolute Gasteiger partial charge is 0.340 e. The van der Waals surface area contributed by atoms with E-state index in [-0.39, 0.29) is 11.1 Å². The Morgan fingerprint density at radius 2 is 2.00 bits per heavy atom. The Labute approximate surface area is 109 Å². The number of ether oxygens (including phenoxy) is 1. The number of nitrogens with one attached hydrogen (secondary N) is 1. The first kappa shape index (κ1) is 14.4. The Bertz CT molecular complexity index is 524. The molecule has 2 N–H and O–H groups in total. The van der Waals surface area contributed by atoms with E-state index in [1.165, 1.54) is 31.2 Å². The van der Waals surface area contributed by atoms with Crippen molar-refractivity contribution in [2.75, 3.05) is 0 Å². The number of rotatable bonds is 5. The maximum atomic E-state index is 11.7. The van der Waals surface area contributed by atoms with Gasteiger partial charge in [-0.1, -0.05) is 12.6 Å². The van der Waals surface area contributed by atoms with Crippen LogP contribution in [0, 0.1) is 0 Å². The van der Waals surface area contributed by atoms with Crippen LogP contribution in [0.15, 0.2) is 36.9 Å². The van der Waals surface area contributed by atoms with Crippen molar-refractivity contribution in [2.45, 2.75) is 13.2 Å². The zero-order valence-corrected chi connectivity index (χ0v) is 10.3.